The molecule has 0 saturated carbocycles. The van der Waals surface area contributed by atoms with Crippen LogP contribution in [0.5, 0.6) is 11.5 Å². The second-order valence-electron chi connectivity index (χ2n) is 8.35. The van der Waals surface area contributed by atoms with Gasteiger partial charge in [-0.25, -0.2) is 24.1 Å². The standard InChI is InChI=1S/C27H28FN5O5/c1-16-19(23(28)22(36-3)13-21(16)35-2)10-8-17-14-29-26(30-15-17)32-27(34)33-12-6-7-18-9-11-20(31-24(18)33)25(37-4)38-5/h9,11,13-15,25H,6-7,12H2,1-5H3,(H,29,30,32,34). The minimum absolute atomic E-state index is 0.0342. The number of anilines is 2. The lowest BCUT2D eigenvalue weighted by Gasteiger charge is -2.29. The highest BCUT2D eigenvalue weighted by Crippen LogP contribution is 2.31. The smallest absolute Gasteiger partial charge is 0.329 e. The minimum Gasteiger partial charge on any atom is -0.496 e. The van der Waals surface area contributed by atoms with Gasteiger partial charge in [0.05, 0.1) is 31.0 Å². The highest BCUT2D eigenvalue weighted by molar-refractivity contribution is 6.00. The van der Waals surface area contributed by atoms with Crippen LogP contribution in [0.3, 0.4) is 0 Å². The van der Waals surface area contributed by atoms with Crippen LogP contribution in [0.15, 0.2) is 30.6 Å². The molecule has 0 bridgehead atoms. The zero-order valence-electron chi connectivity index (χ0n) is 21.8. The Morgan fingerprint density at radius 1 is 1.08 bits per heavy atom. The minimum atomic E-state index is -0.639. The van der Waals surface area contributed by atoms with Gasteiger partial charge in [0.25, 0.3) is 0 Å². The van der Waals surface area contributed by atoms with Crippen molar-refractivity contribution >= 4 is 17.8 Å². The fourth-order valence-corrected chi connectivity index (χ4v) is 4.09. The fourth-order valence-electron chi connectivity index (χ4n) is 4.09. The molecule has 3 heterocycles. The Labute approximate surface area is 220 Å². The predicted octanol–water partition coefficient (Wildman–Crippen LogP) is 4.01. The Balaban J connectivity index is 1.52. The van der Waals surface area contributed by atoms with Gasteiger partial charge in [0, 0.05) is 44.8 Å². The van der Waals surface area contributed by atoms with E-state index >= 15 is 0 Å². The van der Waals surface area contributed by atoms with Crippen LogP contribution in [0.2, 0.25) is 0 Å². The SMILES string of the molecule is COc1cc(OC)c(F)c(C#Cc2cnc(NC(=O)N3CCCc4ccc(C(OC)OC)nc43)nc2)c1C. The number of rotatable bonds is 6. The zero-order valence-corrected chi connectivity index (χ0v) is 21.8. The van der Waals surface area contributed by atoms with Crippen LogP contribution < -0.4 is 19.7 Å². The predicted molar refractivity (Wildman–Crippen MR) is 138 cm³/mol. The molecule has 1 aliphatic rings. The lowest BCUT2D eigenvalue weighted by Crippen LogP contribution is -2.40. The summed E-state index contributed by atoms with van der Waals surface area (Å²) in [7, 11) is 5.91. The number of aromatic nitrogens is 3. The Bertz CT molecular complexity index is 1360. The van der Waals surface area contributed by atoms with Gasteiger partial charge >= 0.3 is 6.03 Å². The molecule has 0 unspecified atom stereocenters. The first-order chi connectivity index (χ1) is 18.4. The number of amides is 2. The number of carbonyl (C=O) groups is 1. The topological polar surface area (TPSA) is 108 Å². The average Bonchev–Trinajstić information content (AvgIpc) is 2.94. The second-order valence-corrected chi connectivity index (χ2v) is 8.35. The molecule has 2 aromatic heterocycles. The average molecular weight is 522 g/mol. The van der Waals surface area contributed by atoms with Gasteiger partial charge in [-0.2, -0.15) is 0 Å². The number of nitrogens with zero attached hydrogens (tertiary/aromatic N) is 4. The normalized spacial score (nSPS) is 12.4. The number of nitrogens with one attached hydrogen (secondary N) is 1. The maximum atomic E-state index is 14.8. The van der Waals surface area contributed by atoms with E-state index in [0.29, 0.717) is 34.9 Å². The molecule has 11 heteroatoms. The second kappa shape index (κ2) is 11.9. The Hall–Kier alpha value is -4.27. The van der Waals surface area contributed by atoms with E-state index in [-0.39, 0.29) is 17.3 Å². The van der Waals surface area contributed by atoms with Crippen molar-refractivity contribution in [3.8, 4) is 23.3 Å². The maximum Gasteiger partial charge on any atom is 0.329 e. The van der Waals surface area contributed by atoms with Crippen molar-refractivity contribution in [2.75, 3.05) is 45.2 Å². The van der Waals surface area contributed by atoms with Crippen molar-refractivity contribution < 1.29 is 28.1 Å². The molecule has 0 spiro atoms. The lowest BCUT2D eigenvalue weighted by atomic mass is 10.1. The summed E-state index contributed by atoms with van der Waals surface area (Å²) in [4.78, 5) is 27.6. The number of methoxy groups -OCH3 is 4. The molecule has 1 N–H and O–H groups in total. The lowest BCUT2D eigenvalue weighted by molar-refractivity contribution is -0.108. The zero-order chi connectivity index (χ0) is 27.2. The van der Waals surface area contributed by atoms with Gasteiger partial charge in [-0.1, -0.05) is 17.9 Å². The number of benzene rings is 1. The number of ether oxygens (including phenoxy) is 4. The Kier molecular flexibility index (Phi) is 8.35. The molecule has 0 fully saturated rings. The van der Waals surface area contributed by atoms with E-state index in [4.69, 9.17) is 18.9 Å². The molecule has 38 heavy (non-hydrogen) atoms. The van der Waals surface area contributed by atoms with Crippen molar-refractivity contribution in [1.82, 2.24) is 15.0 Å². The van der Waals surface area contributed by atoms with Crippen molar-refractivity contribution in [2.45, 2.75) is 26.1 Å². The summed E-state index contributed by atoms with van der Waals surface area (Å²) in [5.41, 5.74) is 2.64. The quantitative estimate of drug-likeness (QED) is 0.383. The highest BCUT2D eigenvalue weighted by Gasteiger charge is 2.26. The first-order valence-electron chi connectivity index (χ1n) is 11.8. The number of carbonyl (C=O) groups excluding carboxylic acids is 1. The van der Waals surface area contributed by atoms with Gasteiger partial charge in [-0.15, -0.1) is 0 Å². The Morgan fingerprint density at radius 3 is 2.45 bits per heavy atom. The molecular formula is C27H28FN5O5. The molecule has 0 radical (unpaired) electrons. The van der Waals surface area contributed by atoms with Gasteiger partial charge in [0.1, 0.15) is 11.6 Å². The molecular weight excluding hydrogens is 493 g/mol. The van der Waals surface area contributed by atoms with E-state index in [2.05, 4.69) is 32.1 Å². The van der Waals surface area contributed by atoms with Crippen LogP contribution in [0.25, 0.3) is 0 Å². The van der Waals surface area contributed by atoms with E-state index in [1.54, 1.807) is 11.8 Å². The van der Waals surface area contributed by atoms with Crippen LogP contribution in [-0.2, 0) is 15.9 Å². The summed E-state index contributed by atoms with van der Waals surface area (Å²) in [5.74, 6) is 6.21. The molecule has 1 aliphatic heterocycles. The number of pyridine rings is 1. The van der Waals surface area contributed by atoms with E-state index < -0.39 is 18.1 Å². The molecule has 0 atom stereocenters. The first kappa shape index (κ1) is 26.8. The third-order valence-electron chi connectivity index (χ3n) is 6.06. The van der Waals surface area contributed by atoms with E-state index in [1.165, 1.54) is 46.9 Å². The molecule has 0 aliphatic carbocycles. The first-order valence-corrected chi connectivity index (χ1v) is 11.8. The van der Waals surface area contributed by atoms with Crippen LogP contribution >= 0.6 is 0 Å². The molecule has 198 valence electrons. The maximum absolute atomic E-state index is 14.8. The van der Waals surface area contributed by atoms with Crippen molar-refractivity contribution in [2.24, 2.45) is 0 Å². The summed E-state index contributed by atoms with van der Waals surface area (Å²) in [5, 5.41) is 2.70. The largest absolute Gasteiger partial charge is 0.496 e. The van der Waals surface area contributed by atoms with Gasteiger partial charge in [-0.3, -0.25) is 10.2 Å². The van der Waals surface area contributed by atoms with Gasteiger partial charge in [-0.05, 0) is 31.4 Å². The number of hydrogen-bond donors (Lipinski definition) is 1. The summed E-state index contributed by atoms with van der Waals surface area (Å²) in [6.45, 7) is 2.19. The van der Waals surface area contributed by atoms with Crippen molar-refractivity contribution in [3.05, 3.63) is 64.4 Å². The molecule has 1 aromatic carbocycles. The molecule has 0 saturated heterocycles. The number of urea groups is 1. The third kappa shape index (κ3) is 5.51. The molecule has 10 nitrogen and oxygen atoms in total. The van der Waals surface area contributed by atoms with E-state index in [9.17, 15) is 9.18 Å². The van der Waals surface area contributed by atoms with Gasteiger partial charge < -0.3 is 18.9 Å². The Morgan fingerprint density at radius 2 is 1.79 bits per heavy atom. The monoisotopic (exact) mass is 521 g/mol. The van der Waals surface area contributed by atoms with Crippen molar-refractivity contribution in [3.63, 3.8) is 0 Å². The molecule has 3 aromatic rings. The van der Waals surface area contributed by atoms with Crippen LogP contribution in [0, 0.1) is 24.6 Å². The van der Waals surface area contributed by atoms with Crippen LogP contribution in [-0.4, -0.2) is 56.0 Å². The summed E-state index contributed by atoms with van der Waals surface area (Å²) < 4.78 is 35.7. The third-order valence-corrected chi connectivity index (χ3v) is 6.06. The van der Waals surface area contributed by atoms with Crippen molar-refractivity contribution in [1.29, 1.82) is 0 Å². The number of fused-ring (bicyclic) bond motifs is 1. The number of hydrogen-bond acceptors (Lipinski definition) is 8. The number of aryl methyl sites for hydroxylation is 1. The van der Waals surface area contributed by atoms with Crippen LogP contribution in [0.4, 0.5) is 21.0 Å². The van der Waals surface area contributed by atoms with E-state index in [0.717, 1.165) is 18.4 Å². The summed E-state index contributed by atoms with van der Waals surface area (Å²) >= 11 is 0. The highest BCUT2D eigenvalue weighted by atomic mass is 19.1. The fraction of sp³-hybridized carbons (Fsp3) is 0.333. The van der Waals surface area contributed by atoms with Crippen LogP contribution in [0.1, 0.15) is 40.7 Å². The summed E-state index contributed by atoms with van der Waals surface area (Å²) in [6, 6.07) is 4.81. The van der Waals surface area contributed by atoms with E-state index in [1.807, 2.05) is 12.1 Å². The number of halogens is 1. The van der Waals surface area contributed by atoms with Gasteiger partial charge in [0.15, 0.2) is 11.6 Å². The van der Waals surface area contributed by atoms with Gasteiger partial charge in [0.2, 0.25) is 12.2 Å². The molecule has 2 amide bonds. The summed E-state index contributed by atoms with van der Waals surface area (Å²) in [6.07, 6.45) is 3.85. The molecule has 4 rings (SSSR count).